The number of aliphatic carboxylic acids is 1. The van der Waals surface area contributed by atoms with Crippen molar-refractivity contribution in [3.8, 4) is 0 Å². The molecule has 0 atom stereocenters. The number of carboxylic acids is 1. The molecule has 1 amide bonds. The maximum absolute atomic E-state index is 10.9. The van der Waals surface area contributed by atoms with Crippen molar-refractivity contribution >= 4 is 23.8 Å². The molecule has 8 heteroatoms. The van der Waals surface area contributed by atoms with Crippen molar-refractivity contribution in [2.45, 2.75) is 0 Å². The number of hydrogen-bond acceptors (Lipinski definition) is 6. The van der Waals surface area contributed by atoms with Crippen LogP contribution in [0.15, 0.2) is 12.2 Å². The Morgan fingerprint density at radius 3 is 2.29 bits per heavy atom. The summed E-state index contributed by atoms with van der Waals surface area (Å²) in [6.45, 7) is -1.19. The first-order valence-electron chi connectivity index (χ1n) is 4.37. The predicted octanol–water partition coefficient (Wildman–Crippen LogP) is -1.54. The third-order valence-corrected chi connectivity index (χ3v) is 1.34. The lowest BCUT2D eigenvalue weighted by Crippen LogP contribution is -2.32. The van der Waals surface area contributed by atoms with Crippen LogP contribution >= 0.6 is 0 Å². The van der Waals surface area contributed by atoms with Crippen LogP contribution in [0, 0.1) is 0 Å². The van der Waals surface area contributed by atoms with Crippen LogP contribution in [0.5, 0.6) is 0 Å². The lowest BCUT2D eigenvalue weighted by Gasteiger charge is -2.02. The molecular weight excluding hydrogens is 234 g/mol. The second kappa shape index (κ2) is 7.85. The number of ether oxygens (including phenoxy) is 2. The molecule has 0 aliphatic carbocycles. The van der Waals surface area contributed by atoms with E-state index in [1.54, 1.807) is 0 Å². The number of hydrogen-bond donors (Lipinski definition) is 2. The average Bonchev–Trinajstić information content (AvgIpc) is 2.30. The predicted molar refractivity (Wildman–Crippen MR) is 52.8 cm³/mol. The molecule has 0 fully saturated rings. The van der Waals surface area contributed by atoms with Gasteiger partial charge in [0.25, 0.3) is 5.91 Å². The highest BCUT2D eigenvalue weighted by Gasteiger charge is 2.06. The Labute approximate surface area is 96.2 Å². The van der Waals surface area contributed by atoms with Gasteiger partial charge in [0.1, 0.15) is 6.54 Å². The Balaban J connectivity index is 3.84. The van der Waals surface area contributed by atoms with E-state index in [2.05, 4.69) is 9.47 Å². The standard InChI is InChI=1S/C9H11NO7/c1-16-8(14)2-3-9(15)17-5-6(11)10-4-7(12)13/h2-3H,4-5H2,1H3,(H,10,11)(H,12,13)/b3-2+. The van der Waals surface area contributed by atoms with E-state index in [1.807, 2.05) is 5.32 Å². The number of nitrogens with one attached hydrogen (secondary N) is 1. The maximum Gasteiger partial charge on any atom is 0.331 e. The molecule has 2 N–H and O–H groups in total. The molecule has 0 aliphatic heterocycles. The van der Waals surface area contributed by atoms with E-state index in [0.717, 1.165) is 19.3 Å². The summed E-state index contributed by atoms with van der Waals surface area (Å²) in [5, 5.41) is 10.2. The molecule has 0 unspecified atom stereocenters. The van der Waals surface area contributed by atoms with E-state index in [4.69, 9.17) is 5.11 Å². The lowest BCUT2D eigenvalue weighted by molar-refractivity contribution is -0.145. The summed E-state index contributed by atoms with van der Waals surface area (Å²) in [6, 6.07) is 0. The quantitative estimate of drug-likeness (QED) is 0.430. The number of methoxy groups -OCH3 is 1. The van der Waals surface area contributed by atoms with Gasteiger partial charge in [-0.15, -0.1) is 0 Å². The van der Waals surface area contributed by atoms with Crippen molar-refractivity contribution < 1.29 is 33.8 Å². The smallest absolute Gasteiger partial charge is 0.331 e. The summed E-state index contributed by atoms with van der Waals surface area (Å²) in [5.41, 5.74) is 0. The lowest BCUT2D eigenvalue weighted by atomic mass is 10.5. The molecule has 17 heavy (non-hydrogen) atoms. The van der Waals surface area contributed by atoms with E-state index in [9.17, 15) is 19.2 Å². The number of carbonyl (C=O) groups is 4. The number of carbonyl (C=O) groups excluding carboxylic acids is 3. The number of carboxylic acid groups (broad SMARTS) is 1. The van der Waals surface area contributed by atoms with Gasteiger partial charge in [-0.1, -0.05) is 0 Å². The summed E-state index contributed by atoms with van der Waals surface area (Å²) in [4.78, 5) is 42.4. The van der Waals surface area contributed by atoms with E-state index >= 15 is 0 Å². The number of esters is 2. The van der Waals surface area contributed by atoms with Crippen molar-refractivity contribution in [1.82, 2.24) is 5.32 Å². The zero-order chi connectivity index (χ0) is 13.3. The molecule has 0 heterocycles. The van der Waals surface area contributed by atoms with Gasteiger partial charge in [-0.05, 0) is 0 Å². The highest BCUT2D eigenvalue weighted by Crippen LogP contribution is 1.84. The highest BCUT2D eigenvalue weighted by molar-refractivity contribution is 5.92. The Bertz CT molecular complexity index is 347. The van der Waals surface area contributed by atoms with Crippen LogP contribution in [0.2, 0.25) is 0 Å². The molecule has 0 aliphatic rings. The molecule has 94 valence electrons. The summed E-state index contributed by atoms with van der Waals surface area (Å²) in [5.74, 6) is -3.62. The molecule has 0 spiro atoms. The van der Waals surface area contributed by atoms with Crippen molar-refractivity contribution in [1.29, 1.82) is 0 Å². The van der Waals surface area contributed by atoms with Crippen LogP contribution in [-0.2, 0) is 28.7 Å². The van der Waals surface area contributed by atoms with Crippen LogP contribution in [-0.4, -0.2) is 49.2 Å². The second-order valence-corrected chi connectivity index (χ2v) is 2.63. The summed E-state index contributed by atoms with van der Waals surface area (Å²) >= 11 is 0. The topological polar surface area (TPSA) is 119 Å². The average molecular weight is 245 g/mol. The van der Waals surface area contributed by atoms with Crippen LogP contribution in [0.25, 0.3) is 0 Å². The van der Waals surface area contributed by atoms with E-state index in [1.165, 1.54) is 0 Å². The van der Waals surface area contributed by atoms with Gasteiger partial charge in [0.05, 0.1) is 7.11 Å². The molecule has 0 aromatic carbocycles. The van der Waals surface area contributed by atoms with Gasteiger partial charge in [-0.25, -0.2) is 9.59 Å². The molecule has 0 rings (SSSR count). The summed E-state index contributed by atoms with van der Waals surface area (Å²) in [6.07, 6.45) is 1.62. The Morgan fingerprint density at radius 1 is 1.18 bits per heavy atom. The second-order valence-electron chi connectivity index (χ2n) is 2.63. The molecule has 0 saturated heterocycles. The van der Waals surface area contributed by atoms with Crippen LogP contribution in [0.3, 0.4) is 0 Å². The normalized spacial score (nSPS) is 9.71. The van der Waals surface area contributed by atoms with Gasteiger partial charge < -0.3 is 19.9 Å². The van der Waals surface area contributed by atoms with E-state index < -0.39 is 37.0 Å². The molecule has 0 aromatic heterocycles. The van der Waals surface area contributed by atoms with Gasteiger partial charge in [0, 0.05) is 12.2 Å². The zero-order valence-corrected chi connectivity index (χ0v) is 8.97. The van der Waals surface area contributed by atoms with Gasteiger partial charge in [0.2, 0.25) is 0 Å². The Morgan fingerprint density at radius 2 is 1.76 bits per heavy atom. The molecule has 8 nitrogen and oxygen atoms in total. The minimum atomic E-state index is -1.21. The van der Waals surface area contributed by atoms with Crippen LogP contribution in [0.1, 0.15) is 0 Å². The van der Waals surface area contributed by atoms with Gasteiger partial charge >= 0.3 is 17.9 Å². The van der Waals surface area contributed by atoms with Crippen molar-refractivity contribution in [2.75, 3.05) is 20.3 Å². The molecule has 0 aromatic rings. The maximum atomic E-state index is 10.9. The highest BCUT2D eigenvalue weighted by atomic mass is 16.5. The number of amides is 1. The molecule has 0 bridgehead atoms. The molecule has 0 saturated carbocycles. The van der Waals surface area contributed by atoms with Crippen molar-refractivity contribution in [2.24, 2.45) is 0 Å². The van der Waals surface area contributed by atoms with E-state index in [-0.39, 0.29) is 0 Å². The first-order valence-corrected chi connectivity index (χ1v) is 4.37. The minimum absolute atomic E-state index is 0.561. The third-order valence-electron chi connectivity index (χ3n) is 1.34. The van der Waals surface area contributed by atoms with Crippen molar-refractivity contribution in [3.63, 3.8) is 0 Å². The Kier molecular flexibility index (Phi) is 6.75. The fourth-order valence-corrected chi connectivity index (χ4v) is 0.614. The first kappa shape index (κ1) is 14.6. The van der Waals surface area contributed by atoms with Gasteiger partial charge in [0.15, 0.2) is 6.61 Å². The van der Waals surface area contributed by atoms with E-state index in [0.29, 0.717) is 0 Å². The fraction of sp³-hybridized carbons (Fsp3) is 0.333. The van der Waals surface area contributed by atoms with Gasteiger partial charge in [-0.2, -0.15) is 0 Å². The van der Waals surface area contributed by atoms with Crippen LogP contribution in [0.4, 0.5) is 0 Å². The first-order chi connectivity index (χ1) is 7.95. The summed E-state index contributed by atoms with van der Waals surface area (Å²) < 4.78 is 8.61. The van der Waals surface area contributed by atoms with Crippen molar-refractivity contribution in [3.05, 3.63) is 12.2 Å². The Hall–Kier alpha value is -2.38. The SMILES string of the molecule is COC(=O)/C=C/C(=O)OCC(=O)NCC(=O)O. The summed E-state index contributed by atoms with van der Waals surface area (Å²) in [7, 11) is 1.14. The fourth-order valence-electron chi connectivity index (χ4n) is 0.614. The van der Waals surface area contributed by atoms with Crippen LogP contribution < -0.4 is 5.32 Å². The van der Waals surface area contributed by atoms with Gasteiger partial charge in [-0.3, -0.25) is 9.59 Å². The number of rotatable bonds is 6. The zero-order valence-electron chi connectivity index (χ0n) is 8.97. The molecular formula is C9H11NO7. The molecule has 0 radical (unpaired) electrons. The third kappa shape index (κ3) is 8.60. The monoisotopic (exact) mass is 245 g/mol. The minimum Gasteiger partial charge on any atom is -0.480 e. The largest absolute Gasteiger partial charge is 0.480 e.